The summed E-state index contributed by atoms with van der Waals surface area (Å²) in [6.45, 7) is 6.44. The van der Waals surface area contributed by atoms with Crippen LogP contribution in [0, 0.1) is 5.92 Å². The highest BCUT2D eigenvalue weighted by molar-refractivity contribution is 6.30. The first kappa shape index (κ1) is 22.1. The van der Waals surface area contributed by atoms with Crippen molar-refractivity contribution < 1.29 is 4.79 Å². The number of carbonyl (C=O) groups excluding carboxylic acids is 1. The number of nitrogen functional groups attached to an aromatic ring is 1. The molecule has 7 heteroatoms. The summed E-state index contributed by atoms with van der Waals surface area (Å²) < 4.78 is 1.77. The topological polar surface area (TPSA) is 85.8 Å². The minimum Gasteiger partial charge on any atom is -0.384 e. The quantitative estimate of drug-likeness (QED) is 0.376. The van der Waals surface area contributed by atoms with Crippen LogP contribution >= 0.6 is 11.6 Å². The molecule has 0 spiro atoms. The van der Waals surface area contributed by atoms with Crippen molar-refractivity contribution in [3.05, 3.63) is 59.1 Å². The number of halogens is 1. The Bertz CT molecular complexity index is 1260. The first-order valence-electron chi connectivity index (χ1n) is 11.0. The van der Waals surface area contributed by atoms with Crippen LogP contribution in [0.3, 0.4) is 0 Å². The number of benzene rings is 2. The predicted molar refractivity (Wildman–Crippen MR) is 131 cm³/mol. The molecular formula is C25H28ClN5O. The van der Waals surface area contributed by atoms with Crippen LogP contribution in [-0.4, -0.2) is 26.5 Å². The lowest BCUT2D eigenvalue weighted by Gasteiger charge is -2.14. The molecule has 0 aliphatic carbocycles. The largest absolute Gasteiger partial charge is 0.384 e. The van der Waals surface area contributed by atoms with Gasteiger partial charge in [-0.3, -0.25) is 9.36 Å². The highest BCUT2D eigenvalue weighted by Gasteiger charge is 2.25. The summed E-state index contributed by atoms with van der Waals surface area (Å²) >= 11 is 6.08. The van der Waals surface area contributed by atoms with Gasteiger partial charge in [-0.05, 0) is 55.7 Å². The van der Waals surface area contributed by atoms with E-state index in [-0.39, 0.29) is 11.9 Å². The van der Waals surface area contributed by atoms with Crippen molar-refractivity contribution in [3.63, 3.8) is 0 Å². The zero-order chi connectivity index (χ0) is 22.8. The summed E-state index contributed by atoms with van der Waals surface area (Å²) in [7, 11) is 0. The number of para-hydroxylation sites is 2. The number of nitrogens with zero attached hydrogens (tertiary/aromatic N) is 3. The number of amides is 1. The van der Waals surface area contributed by atoms with Gasteiger partial charge in [0.25, 0.3) is 5.91 Å². The van der Waals surface area contributed by atoms with Crippen LogP contribution in [0.4, 0.5) is 5.82 Å². The smallest absolute Gasteiger partial charge is 0.257 e. The Morgan fingerprint density at radius 2 is 1.69 bits per heavy atom. The maximum absolute atomic E-state index is 13.3. The van der Waals surface area contributed by atoms with Gasteiger partial charge in [-0.25, -0.2) is 9.97 Å². The molecule has 0 aliphatic heterocycles. The standard InChI is InChI=1S/C25H28ClN5O/c1-15(2)7-6-8-16(3)28-25(32)21-22-24(30-20-10-5-4-9-19(20)29-22)31(23(21)27)18-13-11-17(26)12-14-18/h4-5,9-16H,6-8,27H2,1-3H3,(H,28,32)/t16-/m1/s1. The zero-order valence-corrected chi connectivity index (χ0v) is 19.4. The second-order valence-electron chi connectivity index (χ2n) is 8.66. The second-order valence-corrected chi connectivity index (χ2v) is 9.09. The number of hydrogen-bond acceptors (Lipinski definition) is 4. The Labute approximate surface area is 192 Å². The van der Waals surface area contributed by atoms with Gasteiger partial charge in [0.05, 0.1) is 11.0 Å². The first-order chi connectivity index (χ1) is 15.3. The number of nitrogens with one attached hydrogen (secondary N) is 1. The van der Waals surface area contributed by atoms with Gasteiger partial charge in [-0.15, -0.1) is 0 Å². The molecule has 0 fully saturated rings. The molecule has 0 saturated carbocycles. The number of hydrogen-bond donors (Lipinski definition) is 2. The van der Waals surface area contributed by atoms with Crippen molar-refractivity contribution in [2.75, 3.05) is 5.73 Å². The fraction of sp³-hybridized carbons (Fsp3) is 0.320. The molecule has 0 aliphatic rings. The van der Waals surface area contributed by atoms with E-state index in [4.69, 9.17) is 27.3 Å². The molecule has 0 unspecified atom stereocenters. The highest BCUT2D eigenvalue weighted by atomic mass is 35.5. The summed E-state index contributed by atoms with van der Waals surface area (Å²) in [5.74, 6) is 0.723. The molecule has 166 valence electrons. The van der Waals surface area contributed by atoms with E-state index in [0.717, 1.165) is 30.5 Å². The zero-order valence-electron chi connectivity index (χ0n) is 18.6. The van der Waals surface area contributed by atoms with E-state index in [1.54, 1.807) is 16.7 Å². The molecule has 0 bridgehead atoms. The van der Waals surface area contributed by atoms with Crippen LogP contribution in [0.1, 0.15) is 50.4 Å². The molecule has 4 rings (SSSR count). The molecule has 4 aromatic rings. The lowest BCUT2D eigenvalue weighted by Crippen LogP contribution is -2.33. The summed E-state index contributed by atoms with van der Waals surface area (Å²) in [5.41, 5.74) is 10.2. The fourth-order valence-corrected chi connectivity index (χ4v) is 4.06. The SMILES string of the molecule is CC(C)CCC[C@@H](C)NC(=O)c1c(N)n(-c2ccc(Cl)cc2)c2nc3ccccc3nc12. The third-order valence-corrected chi connectivity index (χ3v) is 5.86. The maximum atomic E-state index is 13.3. The molecule has 0 saturated heterocycles. The van der Waals surface area contributed by atoms with Crippen LogP contribution in [0.15, 0.2) is 48.5 Å². The van der Waals surface area contributed by atoms with Crippen LogP contribution < -0.4 is 11.1 Å². The van der Waals surface area contributed by atoms with E-state index in [2.05, 4.69) is 19.2 Å². The van der Waals surface area contributed by atoms with Crippen molar-refractivity contribution in [3.8, 4) is 5.69 Å². The molecule has 0 radical (unpaired) electrons. The van der Waals surface area contributed by atoms with Gasteiger partial charge in [0.15, 0.2) is 5.65 Å². The minimum atomic E-state index is -0.234. The summed E-state index contributed by atoms with van der Waals surface area (Å²) in [4.78, 5) is 22.9. The number of aromatic nitrogens is 3. The minimum absolute atomic E-state index is 0.0306. The van der Waals surface area contributed by atoms with Crippen molar-refractivity contribution in [1.82, 2.24) is 19.9 Å². The fourth-order valence-electron chi connectivity index (χ4n) is 3.94. The lowest BCUT2D eigenvalue weighted by molar-refractivity contribution is 0.0940. The number of nitrogens with two attached hydrogens (primary N) is 1. The van der Waals surface area contributed by atoms with Gasteiger partial charge in [-0.2, -0.15) is 0 Å². The van der Waals surface area contributed by atoms with Crippen LogP contribution in [0.25, 0.3) is 27.9 Å². The Morgan fingerprint density at radius 1 is 1.03 bits per heavy atom. The second kappa shape index (κ2) is 9.17. The number of carbonyl (C=O) groups is 1. The maximum Gasteiger partial charge on any atom is 0.257 e. The van der Waals surface area contributed by atoms with Crippen molar-refractivity contribution in [2.24, 2.45) is 5.92 Å². The van der Waals surface area contributed by atoms with E-state index in [1.165, 1.54) is 0 Å². The Hall–Kier alpha value is -3.12. The molecule has 2 heterocycles. The normalized spacial score (nSPS) is 12.5. The van der Waals surface area contributed by atoms with Gasteiger partial charge < -0.3 is 11.1 Å². The molecule has 32 heavy (non-hydrogen) atoms. The van der Waals surface area contributed by atoms with Gasteiger partial charge in [-0.1, -0.05) is 50.4 Å². The van der Waals surface area contributed by atoms with Crippen molar-refractivity contribution >= 4 is 45.5 Å². The van der Waals surface area contributed by atoms with E-state index in [9.17, 15) is 4.79 Å². The van der Waals surface area contributed by atoms with E-state index < -0.39 is 0 Å². The molecular weight excluding hydrogens is 422 g/mol. The third kappa shape index (κ3) is 4.41. The van der Waals surface area contributed by atoms with Gasteiger partial charge in [0.1, 0.15) is 16.9 Å². The number of anilines is 1. The first-order valence-corrected chi connectivity index (χ1v) is 11.4. The van der Waals surface area contributed by atoms with Gasteiger partial charge in [0, 0.05) is 16.8 Å². The molecule has 1 atom stereocenters. The molecule has 1 amide bonds. The average molecular weight is 450 g/mol. The average Bonchev–Trinajstić information content (AvgIpc) is 3.03. The van der Waals surface area contributed by atoms with Gasteiger partial charge in [0.2, 0.25) is 0 Å². The Morgan fingerprint density at radius 3 is 2.34 bits per heavy atom. The van der Waals surface area contributed by atoms with E-state index >= 15 is 0 Å². The van der Waals surface area contributed by atoms with E-state index in [0.29, 0.717) is 39.0 Å². The summed E-state index contributed by atoms with van der Waals surface area (Å²) in [6, 6.07) is 14.9. The molecule has 3 N–H and O–H groups in total. The highest BCUT2D eigenvalue weighted by Crippen LogP contribution is 2.31. The predicted octanol–water partition coefficient (Wildman–Crippen LogP) is 5.75. The van der Waals surface area contributed by atoms with Crippen LogP contribution in [0.2, 0.25) is 5.02 Å². The Balaban J connectivity index is 1.79. The monoisotopic (exact) mass is 449 g/mol. The molecule has 6 nitrogen and oxygen atoms in total. The van der Waals surface area contributed by atoms with Crippen LogP contribution in [0.5, 0.6) is 0 Å². The van der Waals surface area contributed by atoms with Crippen LogP contribution in [-0.2, 0) is 0 Å². The number of fused-ring (bicyclic) bond motifs is 2. The lowest BCUT2D eigenvalue weighted by atomic mass is 10.0. The van der Waals surface area contributed by atoms with Gasteiger partial charge >= 0.3 is 0 Å². The molecule has 2 aromatic heterocycles. The Kier molecular flexibility index (Phi) is 6.33. The van der Waals surface area contributed by atoms with Crippen molar-refractivity contribution in [1.29, 1.82) is 0 Å². The molecule has 2 aromatic carbocycles. The summed E-state index contributed by atoms with van der Waals surface area (Å²) in [6.07, 6.45) is 3.11. The third-order valence-electron chi connectivity index (χ3n) is 5.61. The summed E-state index contributed by atoms with van der Waals surface area (Å²) in [5, 5.41) is 3.72. The number of rotatable bonds is 7. The van der Waals surface area contributed by atoms with Crippen molar-refractivity contribution in [2.45, 2.75) is 46.1 Å². The van der Waals surface area contributed by atoms with E-state index in [1.807, 2.05) is 43.3 Å².